The van der Waals surface area contributed by atoms with Crippen molar-refractivity contribution >= 4 is 28.8 Å². The van der Waals surface area contributed by atoms with E-state index in [-0.39, 0.29) is 33.1 Å². The second-order valence-electron chi connectivity index (χ2n) is 4.98. The van der Waals surface area contributed by atoms with Gasteiger partial charge in [-0.2, -0.15) is 0 Å². The van der Waals surface area contributed by atoms with Crippen LogP contribution in [0.3, 0.4) is 0 Å². The van der Waals surface area contributed by atoms with Crippen LogP contribution in [0.2, 0.25) is 0 Å². The van der Waals surface area contributed by atoms with E-state index in [0.717, 1.165) is 0 Å². The van der Waals surface area contributed by atoms with E-state index in [1.807, 2.05) is 0 Å². The number of hydrogen-bond donors (Lipinski definition) is 7. The topological polar surface area (TPSA) is 160 Å². The van der Waals surface area contributed by atoms with Gasteiger partial charge in [0.05, 0.1) is 0 Å². The molecule has 1 fully saturated rings. The molecule has 124 valence electrons. The van der Waals surface area contributed by atoms with E-state index in [9.17, 15) is 18.3 Å². The fraction of sp³-hybridized carbons (Fsp3) is 0.500. The van der Waals surface area contributed by atoms with Gasteiger partial charge in [-0.1, -0.05) is 0 Å². The fourth-order valence-corrected chi connectivity index (χ4v) is 3.67. The van der Waals surface area contributed by atoms with Gasteiger partial charge in [0.2, 0.25) is 0 Å². The SMILES string of the molecule is [Na+].[O]=[Sb]([OH])([OH])[c]1ccc(NC2OC(CO)C(O)C(O)C2O)cc1. The third kappa shape index (κ3) is 5.16. The van der Waals surface area contributed by atoms with Crippen LogP contribution in [-0.4, -0.2) is 84.1 Å². The van der Waals surface area contributed by atoms with Gasteiger partial charge in [0.1, 0.15) is 0 Å². The molecule has 1 saturated heterocycles. The van der Waals surface area contributed by atoms with Crippen molar-refractivity contribution in [2.24, 2.45) is 0 Å². The normalized spacial score (nSPS) is 31.3. The molecule has 0 aliphatic carbocycles. The van der Waals surface area contributed by atoms with E-state index >= 15 is 0 Å². The van der Waals surface area contributed by atoms with Crippen LogP contribution in [0.15, 0.2) is 24.3 Å². The summed E-state index contributed by atoms with van der Waals surface area (Å²) in [6.07, 6.45) is -6.51. The first kappa shape index (κ1) is 21.4. The predicted molar refractivity (Wildman–Crippen MR) is 74.3 cm³/mol. The van der Waals surface area contributed by atoms with E-state index in [0.29, 0.717) is 5.69 Å². The Morgan fingerprint density at radius 2 is 1.61 bits per heavy atom. The summed E-state index contributed by atoms with van der Waals surface area (Å²) in [5, 5.41) is 41.0. The van der Waals surface area contributed by atoms with Gasteiger partial charge < -0.3 is 0 Å². The molecule has 2 rings (SSSR count). The maximum atomic E-state index is 11.2. The van der Waals surface area contributed by atoms with Crippen LogP contribution in [0.25, 0.3) is 0 Å². The van der Waals surface area contributed by atoms with Crippen molar-refractivity contribution in [2.45, 2.75) is 30.6 Å². The number of hydrogen-bond acceptors (Lipinski definition) is 7. The molecule has 0 spiro atoms. The molecule has 1 aliphatic rings. The number of aliphatic hydroxyl groups excluding tert-OH is 4. The molecule has 1 aromatic rings. The van der Waals surface area contributed by atoms with Crippen LogP contribution < -0.4 is 38.4 Å². The van der Waals surface area contributed by atoms with Gasteiger partial charge in [-0.25, -0.2) is 0 Å². The first-order valence-corrected chi connectivity index (χ1v) is 11.1. The van der Waals surface area contributed by atoms with Crippen LogP contribution >= 0.6 is 0 Å². The molecule has 1 heterocycles. The Labute approximate surface area is 159 Å². The Morgan fingerprint density at radius 3 is 2.09 bits per heavy atom. The quantitative estimate of drug-likeness (QED) is 0.222. The molecule has 0 bridgehead atoms. The summed E-state index contributed by atoms with van der Waals surface area (Å²) in [7, 11) is 0. The van der Waals surface area contributed by atoms with Crippen LogP contribution in [0.5, 0.6) is 0 Å². The zero-order valence-corrected chi connectivity index (χ0v) is 16.9. The van der Waals surface area contributed by atoms with Crippen molar-refractivity contribution in [3.05, 3.63) is 24.3 Å². The van der Waals surface area contributed by atoms with E-state index in [2.05, 4.69) is 5.32 Å². The molecule has 0 amide bonds. The minimum atomic E-state index is -5.25. The Bertz CT molecular complexity index is 550. The van der Waals surface area contributed by atoms with Gasteiger partial charge in [0, 0.05) is 0 Å². The Morgan fingerprint density at radius 1 is 1.04 bits per heavy atom. The molecule has 9 nitrogen and oxygen atoms in total. The third-order valence-electron chi connectivity index (χ3n) is 3.40. The van der Waals surface area contributed by atoms with Crippen molar-refractivity contribution in [2.75, 3.05) is 11.9 Å². The van der Waals surface area contributed by atoms with Gasteiger partial charge in [-0.3, -0.25) is 0 Å². The van der Waals surface area contributed by atoms with Crippen LogP contribution in [0.4, 0.5) is 5.69 Å². The third-order valence-corrected chi connectivity index (χ3v) is 6.18. The zero-order chi connectivity index (χ0) is 16.5. The molecule has 7 N–H and O–H groups in total. The molecule has 5 atom stereocenters. The molecule has 0 aromatic heterocycles. The van der Waals surface area contributed by atoms with Gasteiger partial charge >= 0.3 is 160 Å². The van der Waals surface area contributed by atoms with Crippen LogP contribution in [0.1, 0.15) is 0 Å². The zero-order valence-electron chi connectivity index (χ0n) is 12.4. The van der Waals surface area contributed by atoms with Gasteiger partial charge in [0.25, 0.3) is 0 Å². The first-order chi connectivity index (χ1) is 10.2. The number of rotatable bonds is 4. The van der Waals surface area contributed by atoms with Crippen molar-refractivity contribution < 1.29 is 64.5 Å². The van der Waals surface area contributed by atoms with Crippen molar-refractivity contribution in [3.63, 3.8) is 0 Å². The molecular formula is C12H18NNaO8Sb+. The number of nitrogens with one attached hydrogen (secondary N) is 1. The van der Waals surface area contributed by atoms with Gasteiger partial charge in [0.15, 0.2) is 0 Å². The molecule has 1 aliphatic heterocycles. The van der Waals surface area contributed by atoms with Crippen LogP contribution in [0, 0.1) is 0 Å². The Hall–Kier alpha value is 0.358. The molecule has 23 heavy (non-hydrogen) atoms. The van der Waals surface area contributed by atoms with Gasteiger partial charge in [-0.15, -0.1) is 0 Å². The van der Waals surface area contributed by atoms with Gasteiger partial charge in [-0.05, 0) is 0 Å². The monoisotopic (exact) mass is 448 g/mol. The molecule has 1 aromatic carbocycles. The predicted octanol–water partition coefficient (Wildman–Crippen LogP) is -6.54. The standard InChI is InChI=1S/C12H16NO5.Na.2H2O.O.Sb/c14-6-8-9(15)10(16)11(17)12(18-8)13-7-4-2-1-3-5-7;;;;;/h2-5,8-17H,6H2;;2*1H2;;/q;+1;;;;+2/p-2. The van der Waals surface area contributed by atoms with E-state index in [4.69, 9.17) is 16.6 Å². The van der Waals surface area contributed by atoms with E-state index in [1.54, 1.807) is 0 Å². The summed E-state index contributed by atoms with van der Waals surface area (Å²) in [5.41, 5.74) is 0.391. The summed E-state index contributed by atoms with van der Waals surface area (Å²) >= 11 is -5.25. The average molecular weight is 449 g/mol. The summed E-state index contributed by atoms with van der Waals surface area (Å²) in [6, 6.07) is 5.30. The Kier molecular flexibility index (Phi) is 8.04. The van der Waals surface area contributed by atoms with E-state index in [1.165, 1.54) is 24.3 Å². The molecule has 5 unspecified atom stereocenters. The maximum absolute atomic E-state index is 11.2. The first-order valence-electron chi connectivity index (χ1n) is 6.47. The second kappa shape index (κ2) is 8.64. The minimum absolute atomic E-state index is 0. The second-order valence-corrected chi connectivity index (χ2v) is 9.56. The number of ether oxygens (including phenoxy) is 1. The van der Waals surface area contributed by atoms with Crippen LogP contribution in [-0.2, 0) is 7.75 Å². The van der Waals surface area contributed by atoms with Crippen molar-refractivity contribution in [1.29, 1.82) is 0 Å². The number of benzene rings is 1. The van der Waals surface area contributed by atoms with E-state index < -0.39 is 56.9 Å². The summed E-state index contributed by atoms with van der Waals surface area (Å²) in [6.45, 7) is -0.538. The molecular weight excluding hydrogens is 431 g/mol. The average Bonchev–Trinajstić information content (AvgIpc) is 2.47. The molecule has 0 saturated carbocycles. The Balaban J connectivity index is 0.00000264. The molecule has 0 radical (unpaired) electrons. The van der Waals surface area contributed by atoms with Crippen molar-refractivity contribution in [1.82, 2.24) is 0 Å². The number of anilines is 1. The summed E-state index contributed by atoms with van der Waals surface area (Å²) < 4.78 is 34.5. The number of aliphatic hydroxyl groups is 4. The summed E-state index contributed by atoms with van der Waals surface area (Å²) in [5.74, 6) is 0. The summed E-state index contributed by atoms with van der Waals surface area (Å²) in [4.78, 5) is 0. The van der Waals surface area contributed by atoms with Crippen molar-refractivity contribution in [3.8, 4) is 0 Å². The fourth-order valence-electron chi connectivity index (χ4n) is 2.14. The molecule has 11 heteroatoms.